The normalized spacial score (nSPS) is 13.3. The molecule has 7 heteroatoms. The molecular formula is C17H19N3O3S. The molecule has 2 amide bonds. The van der Waals surface area contributed by atoms with Gasteiger partial charge in [0.15, 0.2) is 5.13 Å². The van der Waals surface area contributed by atoms with Gasteiger partial charge in [0, 0.05) is 24.3 Å². The lowest BCUT2D eigenvalue weighted by Gasteiger charge is -2.24. The molecule has 0 unspecified atom stereocenters. The Morgan fingerprint density at radius 1 is 1.33 bits per heavy atom. The van der Waals surface area contributed by atoms with Crippen LogP contribution < -0.4 is 5.32 Å². The van der Waals surface area contributed by atoms with Crippen LogP contribution in [0.2, 0.25) is 0 Å². The molecule has 0 saturated heterocycles. The number of methoxy groups -OCH3 is 1. The van der Waals surface area contributed by atoms with Crippen molar-refractivity contribution in [1.29, 1.82) is 0 Å². The molecule has 1 N–H and O–H groups in total. The fraction of sp³-hybridized carbons (Fsp3) is 0.353. The predicted octanol–water partition coefficient (Wildman–Crippen LogP) is 2.84. The van der Waals surface area contributed by atoms with E-state index in [0.717, 1.165) is 16.1 Å². The first-order chi connectivity index (χ1) is 11.7. The number of aromatic nitrogens is 1. The van der Waals surface area contributed by atoms with Gasteiger partial charge in [0.2, 0.25) is 5.91 Å². The van der Waals surface area contributed by atoms with E-state index in [-0.39, 0.29) is 12.0 Å². The Kier molecular flexibility index (Phi) is 5.10. The third-order valence-corrected chi connectivity index (χ3v) is 4.89. The quantitative estimate of drug-likeness (QED) is 0.925. The second kappa shape index (κ2) is 7.44. The minimum absolute atomic E-state index is 0.0465. The highest BCUT2D eigenvalue weighted by molar-refractivity contribution is 7.15. The van der Waals surface area contributed by atoms with Gasteiger partial charge in [0.05, 0.1) is 19.3 Å². The van der Waals surface area contributed by atoms with Crippen LogP contribution >= 0.6 is 11.3 Å². The predicted molar refractivity (Wildman–Crippen MR) is 92.0 cm³/mol. The smallest absolute Gasteiger partial charge is 0.409 e. The molecule has 0 aliphatic carbocycles. The first-order valence-corrected chi connectivity index (χ1v) is 8.62. The van der Waals surface area contributed by atoms with E-state index in [4.69, 9.17) is 4.74 Å². The topological polar surface area (TPSA) is 71.5 Å². The molecule has 3 rings (SSSR count). The van der Waals surface area contributed by atoms with Gasteiger partial charge in [-0.3, -0.25) is 4.79 Å². The Hall–Kier alpha value is -2.41. The van der Waals surface area contributed by atoms with Crippen LogP contribution in [0.15, 0.2) is 30.3 Å². The van der Waals surface area contributed by atoms with Crippen molar-refractivity contribution in [3.63, 3.8) is 0 Å². The molecule has 0 radical (unpaired) electrons. The number of amides is 2. The number of ether oxygens (including phenoxy) is 1. The van der Waals surface area contributed by atoms with Crippen LogP contribution in [0.5, 0.6) is 0 Å². The van der Waals surface area contributed by atoms with Gasteiger partial charge in [0.1, 0.15) is 0 Å². The number of rotatable bonds is 4. The molecule has 1 aromatic carbocycles. The summed E-state index contributed by atoms with van der Waals surface area (Å²) in [6.45, 7) is 1.07. The molecule has 126 valence electrons. The zero-order valence-corrected chi connectivity index (χ0v) is 14.3. The molecule has 24 heavy (non-hydrogen) atoms. The van der Waals surface area contributed by atoms with Gasteiger partial charge in [-0.15, -0.1) is 0 Å². The van der Waals surface area contributed by atoms with Gasteiger partial charge < -0.3 is 15.0 Å². The van der Waals surface area contributed by atoms with Crippen LogP contribution in [-0.2, 0) is 28.9 Å². The van der Waals surface area contributed by atoms with Gasteiger partial charge in [0.25, 0.3) is 0 Å². The summed E-state index contributed by atoms with van der Waals surface area (Å²) in [6, 6.07) is 9.92. The average Bonchev–Trinajstić information content (AvgIpc) is 3.01. The third-order valence-electron chi connectivity index (χ3n) is 3.89. The first kappa shape index (κ1) is 16.4. The summed E-state index contributed by atoms with van der Waals surface area (Å²) in [4.78, 5) is 30.8. The van der Waals surface area contributed by atoms with Crippen molar-refractivity contribution < 1.29 is 14.3 Å². The van der Waals surface area contributed by atoms with Crippen molar-refractivity contribution in [3.05, 3.63) is 46.5 Å². The maximum Gasteiger partial charge on any atom is 0.409 e. The highest BCUT2D eigenvalue weighted by Crippen LogP contribution is 2.28. The fourth-order valence-corrected chi connectivity index (χ4v) is 3.66. The minimum atomic E-state index is -0.331. The van der Waals surface area contributed by atoms with E-state index >= 15 is 0 Å². The Morgan fingerprint density at radius 2 is 2.12 bits per heavy atom. The van der Waals surface area contributed by atoms with Gasteiger partial charge in [-0.2, -0.15) is 0 Å². The maximum atomic E-state index is 12.1. The lowest BCUT2D eigenvalue weighted by molar-refractivity contribution is -0.116. The molecule has 1 aromatic heterocycles. The van der Waals surface area contributed by atoms with Crippen LogP contribution in [0, 0.1) is 0 Å². The Labute approximate surface area is 144 Å². The number of aryl methyl sites for hydroxylation is 1. The Bertz CT molecular complexity index is 730. The van der Waals surface area contributed by atoms with Crippen molar-refractivity contribution in [1.82, 2.24) is 9.88 Å². The third kappa shape index (κ3) is 3.91. The van der Waals surface area contributed by atoms with Crippen molar-refractivity contribution in [2.45, 2.75) is 25.8 Å². The summed E-state index contributed by atoms with van der Waals surface area (Å²) in [5.41, 5.74) is 2.10. The minimum Gasteiger partial charge on any atom is -0.453 e. The van der Waals surface area contributed by atoms with Crippen LogP contribution in [0.3, 0.4) is 0 Å². The molecule has 0 bridgehead atoms. The van der Waals surface area contributed by atoms with Crippen molar-refractivity contribution in [2.75, 3.05) is 19.0 Å². The number of fused-ring (bicyclic) bond motifs is 1. The van der Waals surface area contributed by atoms with Crippen LogP contribution in [-0.4, -0.2) is 35.5 Å². The van der Waals surface area contributed by atoms with Crippen molar-refractivity contribution in [2.24, 2.45) is 0 Å². The summed E-state index contributed by atoms with van der Waals surface area (Å²) in [5.74, 6) is -0.0465. The molecule has 0 saturated carbocycles. The SMILES string of the molecule is COC(=O)N1CCc2nc(NC(=O)CCc3ccccc3)sc2C1. The second-order valence-corrected chi connectivity index (χ2v) is 6.65. The molecule has 2 aromatic rings. The number of nitrogens with one attached hydrogen (secondary N) is 1. The number of hydrogen-bond acceptors (Lipinski definition) is 5. The number of nitrogens with zero attached hydrogens (tertiary/aromatic N) is 2. The summed E-state index contributed by atoms with van der Waals surface area (Å²) in [6.07, 6.45) is 1.47. The van der Waals surface area contributed by atoms with Gasteiger partial charge in [-0.05, 0) is 12.0 Å². The molecule has 0 fully saturated rings. The standard InChI is InChI=1S/C17H19N3O3S/c1-23-17(22)20-10-9-13-14(11-20)24-16(18-13)19-15(21)8-7-12-5-3-2-4-6-12/h2-6H,7-11H2,1H3,(H,18,19,21). The van der Waals surface area contributed by atoms with E-state index < -0.39 is 0 Å². The lowest BCUT2D eigenvalue weighted by Crippen LogP contribution is -2.35. The van der Waals surface area contributed by atoms with Crippen LogP contribution in [0.1, 0.15) is 22.6 Å². The van der Waals surface area contributed by atoms with Gasteiger partial charge >= 0.3 is 6.09 Å². The zero-order chi connectivity index (χ0) is 16.9. The number of thiazole rings is 1. The highest BCUT2D eigenvalue weighted by atomic mass is 32.1. The summed E-state index contributed by atoms with van der Waals surface area (Å²) >= 11 is 1.42. The van der Waals surface area contributed by atoms with Crippen LogP contribution in [0.25, 0.3) is 0 Å². The number of anilines is 1. The summed E-state index contributed by atoms with van der Waals surface area (Å²) < 4.78 is 4.75. The number of carbonyl (C=O) groups excluding carboxylic acids is 2. The van der Waals surface area contributed by atoms with E-state index in [1.807, 2.05) is 30.3 Å². The zero-order valence-electron chi connectivity index (χ0n) is 13.4. The van der Waals surface area contributed by atoms with E-state index in [1.165, 1.54) is 18.4 Å². The molecular weight excluding hydrogens is 326 g/mol. The Morgan fingerprint density at radius 3 is 2.88 bits per heavy atom. The average molecular weight is 345 g/mol. The van der Waals surface area contributed by atoms with Crippen LogP contribution in [0.4, 0.5) is 9.93 Å². The molecule has 0 atom stereocenters. The fourth-order valence-electron chi connectivity index (χ4n) is 2.62. The number of benzene rings is 1. The van der Waals surface area contributed by atoms with E-state index in [2.05, 4.69) is 10.3 Å². The number of hydrogen-bond donors (Lipinski definition) is 1. The maximum absolute atomic E-state index is 12.1. The van der Waals surface area contributed by atoms with E-state index in [0.29, 0.717) is 37.5 Å². The summed E-state index contributed by atoms with van der Waals surface area (Å²) in [5, 5.41) is 3.46. The van der Waals surface area contributed by atoms with E-state index in [9.17, 15) is 9.59 Å². The largest absolute Gasteiger partial charge is 0.453 e. The van der Waals surface area contributed by atoms with E-state index in [1.54, 1.807) is 4.90 Å². The molecule has 1 aliphatic rings. The van der Waals surface area contributed by atoms with Gasteiger partial charge in [-0.25, -0.2) is 9.78 Å². The highest BCUT2D eigenvalue weighted by Gasteiger charge is 2.24. The molecule has 6 nitrogen and oxygen atoms in total. The summed E-state index contributed by atoms with van der Waals surface area (Å²) in [7, 11) is 1.38. The van der Waals surface area contributed by atoms with Gasteiger partial charge in [-0.1, -0.05) is 41.7 Å². The first-order valence-electron chi connectivity index (χ1n) is 7.81. The second-order valence-electron chi connectivity index (χ2n) is 5.56. The molecule has 0 spiro atoms. The monoisotopic (exact) mass is 345 g/mol. The number of carbonyl (C=O) groups is 2. The molecule has 1 aliphatic heterocycles. The lowest BCUT2D eigenvalue weighted by atomic mass is 10.1. The molecule has 2 heterocycles. The van der Waals surface area contributed by atoms with Crippen molar-refractivity contribution in [3.8, 4) is 0 Å². The Balaban J connectivity index is 1.56. The van der Waals surface area contributed by atoms with Crippen molar-refractivity contribution >= 4 is 28.5 Å².